The van der Waals surface area contributed by atoms with Gasteiger partial charge in [-0.05, 0) is 66.7 Å². The molecule has 4 heteroatoms. The first-order chi connectivity index (χ1) is 12.6. The van der Waals surface area contributed by atoms with Crippen LogP contribution in [-0.4, -0.2) is 24.7 Å². The molecule has 138 valence electrons. The van der Waals surface area contributed by atoms with Gasteiger partial charge in [-0.3, -0.25) is 0 Å². The fraction of sp³-hybridized carbons (Fsp3) is 0.409. The van der Waals surface area contributed by atoms with Gasteiger partial charge in [0.15, 0.2) is 5.11 Å². The summed E-state index contributed by atoms with van der Waals surface area (Å²) < 4.78 is 0. The molecule has 3 nitrogen and oxygen atoms in total. The van der Waals surface area contributed by atoms with Crippen LogP contribution in [0.2, 0.25) is 0 Å². The van der Waals surface area contributed by atoms with Gasteiger partial charge in [0.2, 0.25) is 0 Å². The molecule has 0 saturated carbocycles. The average Bonchev–Trinajstić information content (AvgIpc) is 2.66. The number of rotatable bonds is 6. The first-order valence-corrected chi connectivity index (χ1v) is 10.0. The minimum absolute atomic E-state index is 0.550. The maximum Gasteiger partial charge on any atom is 0.170 e. The molecular weight excluding hydrogens is 338 g/mol. The van der Waals surface area contributed by atoms with Crippen LogP contribution < -0.4 is 15.5 Å². The summed E-state index contributed by atoms with van der Waals surface area (Å²) in [5.74, 6) is 0.550. The van der Waals surface area contributed by atoms with Crippen molar-refractivity contribution in [1.82, 2.24) is 5.32 Å². The lowest BCUT2D eigenvalue weighted by Crippen LogP contribution is -2.34. The average molecular weight is 368 g/mol. The Morgan fingerprint density at radius 1 is 1.12 bits per heavy atom. The predicted octanol–water partition coefficient (Wildman–Crippen LogP) is 4.94. The molecule has 0 aliphatic carbocycles. The van der Waals surface area contributed by atoms with Crippen molar-refractivity contribution in [1.29, 1.82) is 0 Å². The van der Waals surface area contributed by atoms with Crippen LogP contribution in [0.5, 0.6) is 0 Å². The van der Waals surface area contributed by atoms with Gasteiger partial charge < -0.3 is 15.5 Å². The molecule has 2 aromatic carbocycles. The number of thiocarbonyl (C=S) groups is 1. The monoisotopic (exact) mass is 367 g/mol. The quantitative estimate of drug-likeness (QED) is 0.559. The van der Waals surface area contributed by atoms with Crippen LogP contribution in [0, 0.1) is 0 Å². The molecular formula is C22H29N3S. The van der Waals surface area contributed by atoms with Gasteiger partial charge in [0.05, 0.1) is 0 Å². The van der Waals surface area contributed by atoms with Crippen LogP contribution in [0.1, 0.15) is 43.7 Å². The highest BCUT2D eigenvalue weighted by molar-refractivity contribution is 7.80. The Bertz CT molecular complexity index is 724. The Labute approximate surface area is 162 Å². The van der Waals surface area contributed by atoms with Crippen LogP contribution in [0.4, 0.5) is 11.4 Å². The second kappa shape index (κ2) is 9.04. The zero-order chi connectivity index (χ0) is 18.4. The van der Waals surface area contributed by atoms with Gasteiger partial charge >= 0.3 is 0 Å². The summed E-state index contributed by atoms with van der Waals surface area (Å²) >= 11 is 5.42. The minimum atomic E-state index is 0.550. The fourth-order valence-corrected chi connectivity index (χ4v) is 3.66. The van der Waals surface area contributed by atoms with Crippen LogP contribution in [-0.2, 0) is 6.42 Å². The lowest BCUT2D eigenvalue weighted by atomic mass is 10.0. The Kier molecular flexibility index (Phi) is 6.51. The molecule has 0 unspecified atom stereocenters. The largest absolute Gasteiger partial charge is 0.371 e. The Balaban J connectivity index is 1.40. The van der Waals surface area contributed by atoms with Crippen LogP contribution in [0.25, 0.3) is 0 Å². The van der Waals surface area contributed by atoms with Gasteiger partial charge in [0.1, 0.15) is 0 Å². The molecule has 0 bridgehead atoms. The standard InChI is InChI=1S/C22H29N3S/c1-17(2)18-10-12-20(13-11-18)24-22(26)23-14-6-16-25-15-5-8-19-7-3-4-9-21(19)25/h3-4,7,9-13,17H,5-6,8,14-16H2,1-2H3,(H2,23,24,26). The van der Waals surface area contributed by atoms with E-state index >= 15 is 0 Å². The van der Waals surface area contributed by atoms with Crippen LogP contribution in [0.3, 0.4) is 0 Å². The third-order valence-electron chi connectivity index (χ3n) is 4.93. The summed E-state index contributed by atoms with van der Waals surface area (Å²) in [4.78, 5) is 2.50. The Morgan fingerprint density at radius 2 is 1.88 bits per heavy atom. The summed E-state index contributed by atoms with van der Waals surface area (Å²) in [7, 11) is 0. The third-order valence-corrected chi connectivity index (χ3v) is 5.18. The zero-order valence-electron chi connectivity index (χ0n) is 15.8. The molecule has 0 radical (unpaired) electrons. The molecule has 0 amide bonds. The number of nitrogens with zero attached hydrogens (tertiary/aromatic N) is 1. The molecule has 2 N–H and O–H groups in total. The van der Waals surface area contributed by atoms with Crippen molar-refractivity contribution >= 4 is 28.7 Å². The number of fused-ring (bicyclic) bond motifs is 1. The first kappa shape index (κ1) is 18.7. The van der Waals surface area contributed by atoms with Gasteiger partial charge in [0.25, 0.3) is 0 Å². The molecule has 3 rings (SSSR count). The minimum Gasteiger partial charge on any atom is -0.371 e. The number of hydrogen-bond donors (Lipinski definition) is 2. The topological polar surface area (TPSA) is 27.3 Å². The molecule has 0 aromatic heterocycles. The van der Waals surface area contributed by atoms with E-state index in [2.05, 4.69) is 77.9 Å². The number of anilines is 2. The molecule has 1 aliphatic rings. The Morgan fingerprint density at radius 3 is 2.65 bits per heavy atom. The summed E-state index contributed by atoms with van der Waals surface area (Å²) in [5.41, 5.74) is 5.27. The van der Waals surface area contributed by atoms with Crippen LogP contribution in [0.15, 0.2) is 48.5 Å². The number of hydrogen-bond acceptors (Lipinski definition) is 2. The summed E-state index contributed by atoms with van der Waals surface area (Å²) in [5, 5.41) is 7.29. The van der Waals surface area contributed by atoms with Crippen molar-refractivity contribution in [3.05, 3.63) is 59.7 Å². The van der Waals surface area contributed by atoms with Crippen molar-refractivity contribution in [2.45, 2.75) is 39.0 Å². The highest BCUT2D eigenvalue weighted by atomic mass is 32.1. The zero-order valence-corrected chi connectivity index (χ0v) is 16.6. The molecule has 0 saturated heterocycles. The maximum atomic E-state index is 5.42. The van der Waals surface area contributed by atoms with Gasteiger partial charge in [-0.1, -0.05) is 44.2 Å². The second-order valence-corrected chi connectivity index (χ2v) is 7.64. The lowest BCUT2D eigenvalue weighted by Gasteiger charge is -2.31. The number of nitrogens with one attached hydrogen (secondary N) is 2. The maximum absolute atomic E-state index is 5.42. The van der Waals surface area contributed by atoms with Crippen LogP contribution >= 0.6 is 12.2 Å². The van der Waals surface area contributed by atoms with Crippen molar-refractivity contribution in [2.75, 3.05) is 29.9 Å². The highest BCUT2D eigenvalue weighted by Crippen LogP contribution is 2.26. The molecule has 26 heavy (non-hydrogen) atoms. The summed E-state index contributed by atoms with van der Waals surface area (Å²) in [6, 6.07) is 17.3. The smallest absolute Gasteiger partial charge is 0.170 e. The third kappa shape index (κ3) is 4.98. The number of aryl methyl sites for hydroxylation is 1. The van der Waals surface area contributed by atoms with Gasteiger partial charge in [-0.2, -0.15) is 0 Å². The molecule has 2 aromatic rings. The van der Waals surface area contributed by atoms with E-state index in [1.165, 1.54) is 29.7 Å². The van der Waals surface area contributed by atoms with Crippen molar-refractivity contribution in [2.24, 2.45) is 0 Å². The summed E-state index contributed by atoms with van der Waals surface area (Å²) in [6.45, 7) is 7.51. The van der Waals surface area contributed by atoms with E-state index in [4.69, 9.17) is 12.2 Å². The van der Waals surface area contributed by atoms with E-state index in [0.717, 1.165) is 31.7 Å². The van der Waals surface area contributed by atoms with E-state index in [9.17, 15) is 0 Å². The van der Waals surface area contributed by atoms with E-state index in [1.807, 2.05) is 0 Å². The number of benzene rings is 2. The first-order valence-electron chi connectivity index (χ1n) is 9.61. The van der Waals surface area contributed by atoms with Crippen molar-refractivity contribution < 1.29 is 0 Å². The van der Waals surface area contributed by atoms with E-state index < -0.39 is 0 Å². The fourth-order valence-electron chi connectivity index (χ4n) is 3.44. The number of para-hydroxylation sites is 1. The SMILES string of the molecule is CC(C)c1ccc(NC(=S)NCCCN2CCCc3ccccc32)cc1. The Hall–Kier alpha value is -2.07. The molecule has 0 spiro atoms. The molecule has 1 heterocycles. The van der Waals surface area contributed by atoms with E-state index in [1.54, 1.807) is 0 Å². The molecule has 1 aliphatic heterocycles. The van der Waals surface area contributed by atoms with Gasteiger partial charge in [-0.25, -0.2) is 0 Å². The van der Waals surface area contributed by atoms with Crippen molar-refractivity contribution in [3.8, 4) is 0 Å². The molecule has 0 atom stereocenters. The summed E-state index contributed by atoms with van der Waals surface area (Å²) in [6.07, 6.45) is 3.52. The van der Waals surface area contributed by atoms with Crippen molar-refractivity contribution in [3.63, 3.8) is 0 Å². The second-order valence-electron chi connectivity index (χ2n) is 7.23. The van der Waals surface area contributed by atoms with Gasteiger partial charge in [0, 0.05) is 31.0 Å². The van der Waals surface area contributed by atoms with E-state index in [-0.39, 0.29) is 0 Å². The highest BCUT2D eigenvalue weighted by Gasteiger charge is 2.15. The normalized spacial score (nSPS) is 13.4. The molecule has 0 fully saturated rings. The predicted molar refractivity (Wildman–Crippen MR) is 116 cm³/mol. The lowest BCUT2D eigenvalue weighted by molar-refractivity contribution is 0.658. The van der Waals surface area contributed by atoms with Gasteiger partial charge in [-0.15, -0.1) is 0 Å². The van der Waals surface area contributed by atoms with E-state index in [0.29, 0.717) is 11.0 Å².